The molecule has 0 saturated carbocycles. The molecule has 0 aliphatic carbocycles. The molecule has 1 aromatic carbocycles. The Morgan fingerprint density at radius 1 is 1.24 bits per heavy atom. The van der Waals surface area contributed by atoms with Crippen LogP contribution in [-0.4, -0.2) is 31.1 Å². The van der Waals surface area contributed by atoms with Gasteiger partial charge in [-0.25, -0.2) is 4.98 Å². The number of aliphatic imine (C=N–C) groups is 1. The number of alkyl halides is 3. The van der Waals surface area contributed by atoms with Crippen molar-refractivity contribution >= 4 is 17.5 Å². The smallest absolute Gasteiger partial charge is 0.419 e. The van der Waals surface area contributed by atoms with E-state index in [1.54, 1.807) is 31.4 Å². The lowest BCUT2D eigenvalue weighted by atomic mass is 10.2. The highest BCUT2D eigenvalue weighted by molar-refractivity contribution is 5.92. The molecule has 0 unspecified atom stereocenters. The fraction of sp³-hybridized carbons (Fsp3) is 0.250. The van der Waals surface area contributed by atoms with Crippen molar-refractivity contribution in [3.8, 4) is 5.75 Å². The average Bonchev–Trinajstić information content (AvgIpc) is 2.59. The number of aromatic nitrogens is 1. The maximum atomic E-state index is 12.8. The number of guanidine groups is 1. The molecule has 2 rings (SSSR count). The van der Waals surface area contributed by atoms with E-state index in [1.165, 1.54) is 12.3 Å². The summed E-state index contributed by atoms with van der Waals surface area (Å²) in [6, 6.07) is 9.26. The van der Waals surface area contributed by atoms with E-state index in [2.05, 4.69) is 20.6 Å². The quantitative estimate of drug-likeness (QED) is 0.422. The number of nitrogens with two attached hydrogens (primary N) is 1. The van der Waals surface area contributed by atoms with Crippen molar-refractivity contribution in [3.05, 3.63) is 48.2 Å². The van der Waals surface area contributed by atoms with E-state index in [0.717, 1.165) is 11.8 Å². The molecule has 0 atom stereocenters. The summed E-state index contributed by atoms with van der Waals surface area (Å²) in [6.07, 6.45) is -3.17. The van der Waals surface area contributed by atoms with Crippen LogP contribution in [0.25, 0.3) is 0 Å². The first-order chi connectivity index (χ1) is 11.9. The largest absolute Gasteiger partial charge is 0.497 e. The van der Waals surface area contributed by atoms with Crippen LogP contribution in [-0.2, 0) is 6.18 Å². The van der Waals surface area contributed by atoms with E-state index < -0.39 is 11.7 Å². The summed E-state index contributed by atoms with van der Waals surface area (Å²) in [7, 11) is 1.57. The van der Waals surface area contributed by atoms with Crippen molar-refractivity contribution in [2.75, 3.05) is 30.8 Å². The first kappa shape index (κ1) is 18.4. The minimum atomic E-state index is -4.46. The number of hydrogen-bond donors (Lipinski definition) is 3. The molecule has 2 aromatic rings. The summed E-state index contributed by atoms with van der Waals surface area (Å²) >= 11 is 0. The first-order valence-electron chi connectivity index (χ1n) is 7.37. The predicted octanol–water partition coefficient (Wildman–Crippen LogP) is 2.95. The molecule has 0 bridgehead atoms. The third kappa shape index (κ3) is 5.55. The topological polar surface area (TPSA) is 84.6 Å². The molecular weight excluding hydrogens is 335 g/mol. The summed E-state index contributed by atoms with van der Waals surface area (Å²) < 4.78 is 43.6. The molecule has 9 heteroatoms. The molecular formula is C16H18F3N5O. The number of nitrogens with one attached hydrogen (secondary N) is 2. The van der Waals surface area contributed by atoms with Gasteiger partial charge in [-0.05, 0) is 36.4 Å². The molecule has 0 fully saturated rings. The lowest BCUT2D eigenvalue weighted by Gasteiger charge is -2.12. The molecule has 0 saturated heterocycles. The van der Waals surface area contributed by atoms with Crippen molar-refractivity contribution in [3.63, 3.8) is 0 Å². The van der Waals surface area contributed by atoms with Gasteiger partial charge in [0.15, 0.2) is 5.96 Å². The van der Waals surface area contributed by atoms with Crippen LogP contribution in [0.15, 0.2) is 47.6 Å². The van der Waals surface area contributed by atoms with Crippen LogP contribution in [0.2, 0.25) is 0 Å². The van der Waals surface area contributed by atoms with Crippen molar-refractivity contribution in [1.29, 1.82) is 0 Å². The minimum Gasteiger partial charge on any atom is -0.497 e. The average molecular weight is 353 g/mol. The summed E-state index contributed by atoms with van der Waals surface area (Å²) in [6.45, 7) is 0.341. The monoisotopic (exact) mass is 353 g/mol. The molecule has 0 aliphatic rings. The van der Waals surface area contributed by atoms with Crippen molar-refractivity contribution in [2.45, 2.75) is 6.18 Å². The third-order valence-electron chi connectivity index (χ3n) is 3.16. The number of anilines is 2. The highest BCUT2D eigenvalue weighted by Crippen LogP contribution is 2.33. The fourth-order valence-corrected chi connectivity index (χ4v) is 1.99. The van der Waals surface area contributed by atoms with Crippen molar-refractivity contribution < 1.29 is 17.9 Å². The van der Waals surface area contributed by atoms with Crippen LogP contribution in [0.3, 0.4) is 0 Å². The van der Waals surface area contributed by atoms with Gasteiger partial charge < -0.3 is 21.1 Å². The molecule has 0 aliphatic heterocycles. The number of halogens is 3. The second-order valence-corrected chi connectivity index (χ2v) is 4.94. The molecule has 1 aromatic heterocycles. The number of ether oxygens (including phenoxy) is 1. The Kier molecular flexibility index (Phi) is 6.04. The number of methoxy groups -OCH3 is 1. The fourth-order valence-electron chi connectivity index (χ4n) is 1.99. The zero-order valence-corrected chi connectivity index (χ0v) is 13.5. The van der Waals surface area contributed by atoms with Crippen LogP contribution in [0, 0.1) is 0 Å². The Hall–Kier alpha value is -2.97. The van der Waals surface area contributed by atoms with E-state index in [4.69, 9.17) is 10.5 Å². The van der Waals surface area contributed by atoms with Gasteiger partial charge in [-0.3, -0.25) is 4.99 Å². The maximum Gasteiger partial charge on any atom is 0.419 e. The Bertz CT molecular complexity index is 716. The summed E-state index contributed by atoms with van der Waals surface area (Å²) in [5.41, 5.74) is 5.64. The summed E-state index contributed by atoms with van der Waals surface area (Å²) in [5.74, 6) is 0.636. The zero-order valence-electron chi connectivity index (χ0n) is 13.5. The molecule has 0 amide bonds. The maximum absolute atomic E-state index is 12.8. The molecule has 0 radical (unpaired) electrons. The van der Waals surface area contributed by atoms with Crippen LogP contribution in [0.4, 0.5) is 24.7 Å². The third-order valence-corrected chi connectivity index (χ3v) is 3.16. The van der Waals surface area contributed by atoms with Crippen LogP contribution in [0.1, 0.15) is 5.56 Å². The molecule has 6 nitrogen and oxygen atoms in total. The predicted molar refractivity (Wildman–Crippen MR) is 90.8 cm³/mol. The van der Waals surface area contributed by atoms with E-state index in [-0.39, 0.29) is 24.9 Å². The van der Waals surface area contributed by atoms with Crippen LogP contribution >= 0.6 is 0 Å². The molecule has 1 heterocycles. The van der Waals surface area contributed by atoms with E-state index >= 15 is 0 Å². The van der Waals surface area contributed by atoms with E-state index in [9.17, 15) is 13.2 Å². The van der Waals surface area contributed by atoms with E-state index in [0.29, 0.717) is 5.75 Å². The van der Waals surface area contributed by atoms with Gasteiger partial charge in [0.25, 0.3) is 0 Å². The van der Waals surface area contributed by atoms with E-state index in [1.807, 2.05) is 0 Å². The lowest BCUT2D eigenvalue weighted by molar-refractivity contribution is -0.137. The number of pyridine rings is 1. The number of rotatable bonds is 6. The van der Waals surface area contributed by atoms with Gasteiger partial charge in [0.1, 0.15) is 11.6 Å². The zero-order chi connectivity index (χ0) is 18.3. The van der Waals surface area contributed by atoms with Gasteiger partial charge in [-0.15, -0.1) is 0 Å². The minimum absolute atomic E-state index is 0.157. The Balaban J connectivity index is 1.86. The normalized spacial score (nSPS) is 11.9. The van der Waals surface area contributed by atoms with Gasteiger partial charge in [-0.1, -0.05) is 0 Å². The second kappa shape index (κ2) is 8.22. The standard InChI is InChI=1S/C16H18F3N5O/c1-25-12-6-4-11(5-7-12)24-15(20)23-10-9-22-14-13(16(17,18)19)3-2-8-21-14/h2-8H,9-10H2,1H3,(H,21,22)(H3,20,23,24). The Labute approximate surface area is 142 Å². The molecule has 134 valence electrons. The Morgan fingerprint density at radius 3 is 2.60 bits per heavy atom. The van der Waals surface area contributed by atoms with Crippen LogP contribution < -0.4 is 21.1 Å². The molecule has 0 spiro atoms. The SMILES string of the molecule is COc1ccc(NC(N)=NCCNc2ncccc2C(F)(F)F)cc1. The highest BCUT2D eigenvalue weighted by atomic mass is 19.4. The Morgan fingerprint density at radius 2 is 1.96 bits per heavy atom. The summed E-state index contributed by atoms with van der Waals surface area (Å²) in [4.78, 5) is 7.76. The van der Waals surface area contributed by atoms with Crippen LogP contribution in [0.5, 0.6) is 5.75 Å². The number of hydrogen-bond acceptors (Lipinski definition) is 4. The van der Waals surface area contributed by atoms with Gasteiger partial charge in [0.05, 0.1) is 19.2 Å². The van der Waals surface area contributed by atoms with Crippen molar-refractivity contribution in [1.82, 2.24) is 4.98 Å². The lowest BCUT2D eigenvalue weighted by Crippen LogP contribution is -2.24. The van der Waals surface area contributed by atoms with Gasteiger partial charge in [-0.2, -0.15) is 13.2 Å². The molecule has 25 heavy (non-hydrogen) atoms. The van der Waals surface area contributed by atoms with Gasteiger partial charge in [0, 0.05) is 18.4 Å². The van der Waals surface area contributed by atoms with Crippen molar-refractivity contribution in [2.24, 2.45) is 10.7 Å². The summed E-state index contributed by atoms with van der Waals surface area (Å²) in [5, 5.41) is 5.49. The number of nitrogens with zero attached hydrogens (tertiary/aromatic N) is 2. The number of benzene rings is 1. The first-order valence-corrected chi connectivity index (χ1v) is 7.37. The van der Waals surface area contributed by atoms with Gasteiger partial charge in [0.2, 0.25) is 0 Å². The molecule has 4 N–H and O–H groups in total. The van der Waals surface area contributed by atoms with Gasteiger partial charge >= 0.3 is 6.18 Å². The second-order valence-electron chi connectivity index (χ2n) is 4.94. The highest BCUT2D eigenvalue weighted by Gasteiger charge is 2.33.